The minimum absolute atomic E-state index is 0.176. The minimum Gasteiger partial charge on any atom is -0.378 e. The number of nitrogens with one attached hydrogen (secondary N) is 1. The monoisotopic (exact) mass is 170 g/mol. The van der Waals surface area contributed by atoms with Crippen molar-refractivity contribution in [3.05, 3.63) is 0 Å². The number of rotatable bonds is 0. The summed E-state index contributed by atoms with van der Waals surface area (Å²) in [5.41, 5.74) is -0.744. The highest BCUT2D eigenvalue weighted by molar-refractivity contribution is 6.07. The first-order valence-corrected chi connectivity index (χ1v) is 3.84. The molecule has 0 saturated carbocycles. The molecule has 2 aliphatic heterocycles. The molecule has 0 aromatic carbocycles. The van der Waals surface area contributed by atoms with Crippen LogP contribution in [0.25, 0.3) is 0 Å². The van der Waals surface area contributed by atoms with E-state index >= 15 is 0 Å². The molecule has 1 N–H and O–H groups in total. The molecule has 0 bridgehead atoms. The molecule has 0 aromatic heterocycles. The average molecular weight is 170 g/mol. The van der Waals surface area contributed by atoms with Gasteiger partial charge >= 0.3 is 6.03 Å². The number of amides is 3. The molecule has 1 atom stereocenters. The topological polar surface area (TPSA) is 58.6 Å². The van der Waals surface area contributed by atoms with E-state index in [2.05, 4.69) is 5.32 Å². The summed E-state index contributed by atoms with van der Waals surface area (Å²) in [6, 6.07) is -0.328. The number of hydrogen-bond acceptors (Lipinski definition) is 3. The van der Waals surface area contributed by atoms with Gasteiger partial charge in [0, 0.05) is 20.1 Å². The number of ether oxygens (including phenoxy) is 1. The molecule has 2 aliphatic rings. The van der Waals surface area contributed by atoms with E-state index in [-0.39, 0.29) is 11.9 Å². The van der Waals surface area contributed by atoms with Gasteiger partial charge in [-0.3, -0.25) is 9.69 Å². The molecular weight excluding hydrogens is 160 g/mol. The Kier molecular flexibility index (Phi) is 1.38. The first-order chi connectivity index (χ1) is 5.66. The third-order valence-electron chi connectivity index (χ3n) is 2.39. The predicted octanol–water partition coefficient (Wildman–Crippen LogP) is -0.673. The van der Waals surface area contributed by atoms with Gasteiger partial charge in [-0.25, -0.2) is 4.79 Å². The first kappa shape index (κ1) is 7.54. The molecule has 0 unspecified atom stereocenters. The van der Waals surface area contributed by atoms with Crippen molar-refractivity contribution >= 4 is 11.9 Å². The van der Waals surface area contributed by atoms with Crippen LogP contribution in [0.1, 0.15) is 6.42 Å². The van der Waals surface area contributed by atoms with Gasteiger partial charge in [0.2, 0.25) is 0 Å². The molecular formula is C7H10N2O3. The summed E-state index contributed by atoms with van der Waals surface area (Å²) in [4.78, 5) is 23.7. The van der Waals surface area contributed by atoms with Crippen LogP contribution in [0.3, 0.4) is 0 Å². The molecule has 2 rings (SSSR count). The van der Waals surface area contributed by atoms with Crippen molar-refractivity contribution in [1.29, 1.82) is 0 Å². The zero-order valence-corrected chi connectivity index (χ0v) is 6.79. The highest BCUT2D eigenvalue weighted by Crippen LogP contribution is 2.25. The van der Waals surface area contributed by atoms with Gasteiger partial charge in [-0.05, 0) is 0 Å². The minimum atomic E-state index is -0.744. The molecule has 12 heavy (non-hydrogen) atoms. The molecule has 2 saturated heterocycles. The Morgan fingerprint density at radius 1 is 1.58 bits per heavy atom. The van der Waals surface area contributed by atoms with E-state index in [9.17, 15) is 9.59 Å². The number of nitrogens with zero attached hydrogens (tertiary/aromatic N) is 1. The summed E-state index contributed by atoms with van der Waals surface area (Å²) in [5.74, 6) is -0.176. The maximum absolute atomic E-state index is 11.5. The molecule has 66 valence electrons. The zero-order valence-electron chi connectivity index (χ0n) is 6.79. The molecule has 3 amide bonds. The van der Waals surface area contributed by atoms with Crippen molar-refractivity contribution in [3.8, 4) is 0 Å². The number of likely N-dealkylation sites (N-methyl/N-ethyl adjacent to an activating group) is 1. The van der Waals surface area contributed by atoms with E-state index < -0.39 is 5.54 Å². The fraction of sp³-hybridized carbons (Fsp3) is 0.714. The largest absolute Gasteiger partial charge is 0.378 e. The fourth-order valence-corrected chi connectivity index (χ4v) is 1.59. The Hall–Kier alpha value is -1.10. The molecule has 2 fully saturated rings. The van der Waals surface area contributed by atoms with E-state index in [0.29, 0.717) is 19.6 Å². The second kappa shape index (κ2) is 2.20. The number of hydrogen-bond donors (Lipinski definition) is 1. The van der Waals surface area contributed by atoms with Crippen LogP contribution in [0.2, 0.25) is 0 Å². The van der Waals surface area contributed by atoms with Crippen molar-refractivity contribution in [1.82, 2.24) is 10.2 Å². The maximum Gasteiger partial charge on any atom is 0.324 e. The van der Waals surface area contributed by atoms with E-state index in [0.717, 1.165) is 4.90 Å². The van der Waals surface area contributed by atoms with Crippen molar-refractivity contribution in [2.75, 3.05) is 20.3 Å². The van der Waals surface area contributed by atoms with Crippen LogP contribution in [-0.2, 0) is 9.53 Å². The molecule has 1 spiro atoms. The number of urea groups is 1. The van der Waals surface area contributed by atoms with Crippen molar-refractivity contribution in [3.63, 3.8) is 0 Å². The van der Waals surface area contributed by atoms with E-state index in [4.69, 9.17) is 4.74 Å². The summed E-state index contributed by atoms with van der Waals surface area (Å²) in [7, 11) is 1.48. The summed E-state index contributed by atoms with van der Waals surface area (Å²) in [6.45, 7) is 0.849. The second-order valence-electron chi connectivity index (χ2n) is 3.18. The quantitative estimate of drug-likeness (QED) is 0.490. The lowest BCUT2D eigenvalue weighted by Crippen LogP contribution is -2.47. The van der Waals surface area contributed by atoms with Gasteiger partial charge in [0.1, 0.15) is 5.54 Å². The Morgan fingerprint density at radius 3 is 2.75 bits per heavy atom. The second-order valence-corrected chi connectivity index (χ2v) is 3.18. The fourth-order valence-electron chi connectivity index (χ4n) is 1.59. The molecule has 0 aliphatic carbocycles. The average Bonchev–Trinajstić information content (AvgIpc) is 2.57. The van der Waals surface area contributed by atoms with Gasteiger partial charge in [-0.2, -0.15) is 0 Å². The maximum atomic E-state index is 11.5. The van der Waals surface area contributed by atoms with Gasteiger partial charge in [0.05, 0.1) is 6.61 Å². The van der Waals surface area contributed by atoms with Gasteiger partial charge in [-0.1, -0.05) is 0 Å². The standard InChI is InChI=1S/C7H10N2O3/c1-9-5(10)7(8-6(9)11)2-3-12-4-7/h2-4H2,1H3,(H,8,11)/t7-/m1/s1. The zero-order chi connectivity index (χ0) is 8.77. The number of carbonyl (C=O) groups excluding carboxylic acids is 2. The number of imide groups is 1. The van der Waals surface area contributed by atoms with Crippen molar-refractivity contribution in [2.45, 2.75) is 12.0 Å². The molecule has 5 nitrogen and oxygen atoms in total. The number of carbonyl (C=O) groups is 2. The third kappa shape index (κ3) is 0.768. The predicted molar refractivity (Wildman–Crippen MR) is 39.5 cm³/mol. The summed E-state index contributed by atoms with van der Waals surface area (Å²) in [5, 5.41) is 2.64. The Bertz CT molecular complexity index is 245. The van der Waals surface area contributed by atoms with Crippen LogP contribution in [0.4, 0.5) is 4.79 Å². The van der Waals surface area contributed by atoms with Gasteiger partial charge < -0.3 is 10.1 Å². The molecule has 0 aromatic rings. The van der Waals surface area contributed by atoms with Crippen LogP contribution < -0.4 is 5.32 Å². The molecule has 0 radical (unpaired) electrons. The molecule has 5 heteroatoms. The van der Waals surface area contributed by atoms with Crippen molar-refractivity contribution < 1.29 is 14.3 Å². The van der Waals surface area contributed by atoms with E-state index in [1.807, 2.05) is 0 Å². The smallest absolute Gasteiger partial charge is 0.324 e. The third-order valence-corrected chi connectivity index (χ3v) is 2.39. The highest BCUT2D eigenvalue weighted by atomic mass is 16.5. The van der Waals surface area contributed by atoms with Gasteiger partial charge in [-0.15, -0.1) is 0 Å². The van der Waals surface area contributed by atoms with Crippen LogP contribution >= 0.6 is 0 Å². The summed E-state index contributed by atoms with van der Waals surface area (Å²) < 4.78 is 5.09. The lowest BCUT2D eigenvalue weighted by atomic mass is 9.99. The lowest BCUT2D eigenvalue weighted by molar-refractivity contribution is -0.130. The Balaban J connectivity index is 2.29. The van der Waals surface area contributed by atoms with Crippen LogP contribution in [0.15, 0.2) is 0 Å². The summed E-state index contributed by atoms with van der Waals surface area (Å²) in [6.07, 6.45) is 0.585. The van der Waals surface area contributed by atoms with Crippen LogP contribution in [0.5, 0.6) is 0 Å². The van der Waals surface area contributed by atoms with E-state index in [1.165, 1.54) is 7.05 Å². The highest BCUT2D eigenvalue weighted by Gasteiger charge is 2.52. The Labute approximate surface area is 69.7 Å². The summed E-state index contributed by atoms with van der Waals surface area (Å²) >= 11 is 0. The van der Waals surface area contributed by atoms with E-state index in [1.54, 1.807) is 0 Å². The van der Waals surface area contributed by atoms with Gasteiger partial charge in [0.15, 0.2) is 0 Å². The van der Waals surface area contributed by atoms with Gasteiger partial charge in [0.25, 0.3) is 5.91 Å². The Morgan fingerprint density at radius 2 is 2.33 bits per heavy atom. The van der Waals surface area contributed by atoms with Crippen molar-refractivity contribution in [2.24, 2.45) is 0 Å². The SMILES string of the molecule is CN1C(=O)N[C@@]2(CCOC2)C1=O. The van der Waals surface area contributed by atoms with Crippen LogP contribution in [0, 0.1) is 0 Å². The lowest BCUT2D eigenvalue weighted by Gasteiger charge is -2.16. The normalized spacial score (nSPS) is 34.9. The molecule has 2 heterocycles. The first-order valence-electron chi connectivity index (χ1n) is 3.84. The van der Waals surface area contributed by atoms with Crippen LogP contribution in [-0.4, -0.2) is 42.6 Å².